The number of nitriles is 1. The van der Waals surface area contributed by atoms with Gasteiger partial charge in [-0.1, -0.05) is 23.7 Å². The van der Waals surface area contributed by atoms with Gasteiger partial charge in [0.25, 0.3) is 11.8 Å². The van der Waals surface area contributed by atoms with E-state index in [1.54, 1.807) is 56.4 Å². The minimum absolute atomic E-state index is 0.0597. The zero-order valence-corrected chi connectivity index (χ0v) is 16.6. The fraction of sp³-hybridized carbons (Fsp3) is 0.250. The molecule has 0 aliphatic carbocycles. The molecule has 0 aromatic heterocycles. The Kier molecular flexibility index (Phi) is 7.38. The van der Waals surface area contributed by atoms with Gasteiger partial charge in [-0.2, -0.15) is 5.26 Å². The summed E-state index contributed by atoms with van der Waals surface area (Å²) in [6.45, 7) is 1.77. The van der Waals surface area contributed by atoms with Gasteiger partial charge < -0.3 is 20.3 Å². The van der Waals surface area contributed by atoms with Crippen LogP contribution in [0.4, 0.5) is 11.4 Å². The summed E-state index contributed by atoms with van der Waals surface area (Å²) in [4.78, 5) is 25.6. The number of halogens is 1. The summed E-state index contributed by atoms with van der Waals surface area (Å²) in [6, 6.07) is 13.2. The van der Waals surface area contributed by atoms with E-state index in [0.717, 1.165) is 0 Å². The number of likely N-dealkylation sites (N-methyl/N-ethyl adjacent to an activating group) is 1. The summed E-state index contributed by atoms with van der Waals surface area (Å²) in [6.07, 6.45) is 0. The molecule has 0 aliphatic rings. The zero-order chi connectivity index (χ0) is 20.7. The first kappa shape index (κ1) is 21.2. The predicted octanol–water partition coefficient (Wildman–Crippen LogP) is 1.70. The summed E-state index contributed by atoms with van der Waals surface area (Å²) >= 11 is 5.97. The van der Waals surface area contributed by atoms with Crippen molar-refractivity contribution in [1.29, 1.82) is 5.26 Å². The van der Waals surface area contributed by atoms with Crippen molar-refractivity contribution in [1.82, 2.24) is 0 Å². The second-order valence-corrected chi connectivity index (χ2v) is 6.72. The predicted molar refractivity (Wildman–Crippen MR) is 108 cm³/mol. The lowest BCUT2D eigenvalue weighted by molar-refractivity contribution is -0.885. The standard InChI is InChI=1S/C20H21ClN4O3/c1-13(20(27)24-16-7-5-4-6-14(16)11-22)25(2)12-19(26)23-17-10-15(21)8-9-18(17)28-3/h4-10,13H,12H2,1-3H3,(H,23,26)(H,24,27)/p+1/t13-/m0/s1. The van der Waals surface area contributed by atoms with Gasteiger partial charge in [-0.25, -0.2) is 0 Å². The Balaban J connectivity index is 1.98. The van der Waals surface area contributed by atoms with Gasteiger partial charge in [-0.3, -0.25) is 9.59 Å². The Bertz CT molecular complexity index is 911. The van der Waals surface area contributed by atoms with E-state index in [-0.39, 0.29) is 18.4 Å². The fourth-order valence-electron chi connectivity index (χ4n) is 2.53. The second kappa shape index (κ2) is 9.74. The minimum atomic E-state index is -0.515. The number of rotatable bonds is 7. The van der Waals surface area contributed by atoms with Gasteiger partial charge in [0.05, 0.1) is 31.1 Å². The van der Waals surface area contributed by atoms with E-state index >= 15 is 0 Å². The molecule has 0 spiro atoms. The number of carbonyl (C=O) groups excluding carboxylic acids is 2. The maximum absolute atomic E-state index is 12.5. The van der Waals surface area contributed by atoms with E-state index in [0.29, 0.717) is 32.6 Å². The minimum Gasteiger partial charge on any atom is -0.495 e. The third-order valence-electron chi connectivity index (χ3n) is 4.31. The number of hydrogen-bond donors (Lipinski definition) is 3. The largest absolute Gasteiger partial charge is 0.495 e. The van der Waals surface area contributed by atoms with E-state index in [1.165, 1.54) is 7.11 Å². The van der Waals surface area contributed by atoms with Crippen LogP contribution in [0.2, 0.25) is 5.02 Å². The van der Waals surface area contributed by atoms with E-state index in [4.69, 9.17) is 21.6 Å². The number of methoxy groups -OCH3 is 1. The van der Waals surface area contributed by atoms with Gasteiger partial charge in [-0.15, -0.1) is 0 Å². The van der Waals surface area contributed by atoms with Crippen LogP contribution in [0.5, 0.6) is 5.75 Å². The molecule has 1 unspecified atom stereocenters. The molecule has 0 saturated carbocycles. The Morgan fingerprint density at radius 2 is 1.93 bits per heavy atom. The Hall–Kier alpha value is -3.08. The molecule has 0 fully saturated rings. The molecule has 0 saturated heterocycles. The summed E-state index contributed by atoms with van der Waals surface area (Å²) < 4.78 is 5.21. The summed E-state index contributed by atoms with van der Waals surface area (Å²) in [5.41, 5.74) is 1.29. The molecule has 2 rings (SSSR count). The summed E-state index contributed by atoms with van der Waals surface area (Å²) in [5.74, 6) is -0.0715. The molecule has 2 aromatic rings. The first-order valence-electron chi connectivity index (χ1n) is 8.61. The molecule has 0 aliphatic heterocycles. The molecule has 2 amide bonds. The van der Waals surface area contributed by atoms with Gasteiger partial charge >= 0.3 is 0 Å². The number of quaternary nitrogens is 1. The van der Waals surface area contributed by atoms with Crippen molar-refractivity contribution in [3.63, 3.8) is 0 Å². The third kappa shape index (κ3) is 5.46. The van der Waals surface area contributed by atoms with Crippen LogP contribution in [0.3, 0.4) is 0 Å². The maximum atomic E-state index is 12.5. The lowest BCUT2D eigenvalue weighted by atomic mass is 10.2. The molecule has 146 valence electrons. The van der Waals surface area contributed by atoms with Gasteiger partial charge in [0.1, 0.15) is 11.8 Å². The number of amides is 2. The van der Waals surface area contributed by atoms with Crippen molar-refractivity contribution >= 4 is 34.8 Å². The molecule has 28 heavy (non-hydrogen) atoms. The van der Waals surface area contributed by atoms with Crippen molar-refractivity contribution in [2.45, 2.75) is 13.0 Å². The van der Waals surface area contributed by atoms with Crippen LogP contribution < -0.4 is 20.3 Å². The smallest absolute Gasteiger partial charge is 0.282 e. The highest BCUT2D eigenvalue weighted by Crippen LogP contribution is 2.27. The van der Waals surface area contributed by atoms with Gasteiger partial charge in [0.2, 0.25) is 0 Å². The lowest BCUT2D eigenvalue weighted by Crippen LogP contribution is -3.14. The highest BCUT2D eigenvalue weighted by atomic mass is 35.5. The molecular weight excluding hydrogens is 380 g/mol. The van der Waals surface area contributed by atoms with Crippen LogP contribution in [-0.4, -0.2) is 38.6 Å². The second-order valence-electron chi connectivity index (χ2n) is 6.28. The van der Waals surface area contributed by atoms with Crippen molar-refractivity contribution < 1.29 is 19.2 Å². The molecule has 7 nitrogen and oxygen atoms in total. The van der Waals surface area contributed by atoms with Crippen molar-refractivity contribution in [2.24, 2.45) is 0 Å². The van der Waals surface area contributed by atoms with Crippen molar-refractivity contribution in [3.8, 4) is 11.8 Å². The SMILES string of the molecule is COc1ccc(Cl)cc1NC(=O)C[NH+](C)[C@@H](C)C(=O)Nc1ccccc1C#N. The number of hydrogen-bond acceptors (Lipinski definition) is 4. The number of carbonyl (C=O) groups is 2. The molecule has 2 aromatic carbocycles. The summed E-state index contributed by atoms with van der Waals surface area (Å²) in [7, 11) is 3.25. The van der Waals surface area contributed by atoms with Crippen LogP contribution in [-0.2, 0) is 9.59 Å². The number of ether oxygens (including phenoxy) is 1. The van der Waals surface area contributed by atoms with Crippen LogP contribution in [0, 0.1) is 11.3 Å². The Morgan fingerprint density at radius 1 is 1.21 bits per heavy atom. The lowest BCUT2D eigenvalue weighted by Gasteiger charge is -2.21. The Morgan fingerprint density at radius 3 is 2.61 bits per heavy atom. The van der Waals surface area contributed by atoms with Crippen LogP contribution >= 0.6 is 11.6 Å². The van der Waals surface area contributed by atoms with Crippen LogP contribution in [0.25, 0.3) is 0 Å². The molecular formula is C20H22ClN4O3+. The van der Waals surface area contributed by atoms with E-state index < -0.39 is 6.04 Å². The first-order valence-corrected chi connectivity index (χ1v) is 8.99. The third-order valence-corrected chi connectivity index (χ3v) is 4.55. The molecule has 2 atom stereocenters. The zero-order valence-electron chi connectivity index (χ0n) is 15.9. The number of benzene rings is 2. The molecule has 0 bridgehead atoms. The molecule has 0 heterocycles. The number of nitrogens with one attached hydrogen (secondary N) is 3. The number of para-hydroxylation sites is 1. The first-order chi connectivity index (χ1) is 13.3. The van der Waals surface area contributed by atoms with Crippen LogP contribution in [0.1, 0.15) is 12.5 Å². The fourth-order valence-corrected chi connectivity index (χ4v) is 2.71. The molecule has 0 radical (unpaired) electrons. The normalized spacial score (nSPS) is 12.4. The van der Waals surface area contributed by atoms with Gasteiger partial charge in [-0.05, 0) is 37.3 Å². The number of nitrogens with zero attached hydrogens (tertiary/aromatic N) is 1. The van der Waals surface area contributed by atoms with E-state index in [9.17, 15) is 9.59 Å². The van der Waals surface area contributed by atoms with Crippen molar-refractivity contribution in [3.05, 3.63) is 53.1 Å². The maximum Gasteiger partial charge on any atom is 0.282 e. The van der Waals surface area contributed by atoms with E-state index in [1.807, 2.05) is 6.07 Å². The summed E-state index contributed by atoms with van der Waals surface area (Å²) in [5, 5.41) is 15.1. The highest BCUT2D eigenvalue weighted by Gasteiger charge is 2.25. The van der Waals surface area contributed by atoms with E-state index in [2.05, 4.69) is 10.6 Å². The quantitative estimate of drug-likeness (QED) is 0.658. The Labute approximate surface area is 168 Å². The van der Waals surface area contributed by atoms with Crippen molar-refractivity contribution in [2.75, 3.05) is 31.3 Å². The number of anilines is 2. The topological polar surface area (TPSA) is 95.7 Å². The highest BCUT2D eigenvalue weighted by molar-refractivity contribution is 6.31. The van der Waals surface area contributed by atoms with Gasteiger partial charge in [0.15, 0.2) is 12.6 Å². The average molecular weight is 402 g/mol. The average Bonchev–Trinajstić information content (AvgIpc) is 2.67. The monoisotopic (exact) mass is 401 g/mol. The van der Waals surface area contributed by atoms with Gasteiger partial charge in [0, 0.05) is 5.02 Å². The molecule has 8 heteroatoms. The van der Waals surface area contributed by atoms with Crippen LogP contribution in [0.15, 0.2) is 42.5 Å². The molecule has 3 N–H and O–H groups in total.